The van der Waals surface area contributed by atoms with Gasteiger partial charge in [-0.25, -0.2) is 13.2 Å². The SMILES string of the molecule is O=C(O)C1Oc2ccc(cc2)S(=O)(=O)c2ccc(cc2)O1. The Kier molecular flexibility index (Phi) is 3.06. The number of hydrogen-bond donors (Lipinski definition) is 1. The number of benzene rings is 2. The van der Waals surface area contributed by atoms with Gasteiger partial charge in [-0.2, -0.15) is 0 Å². The fraction of sp³-hybridized carbons (Fsp3) is 0.0714. The van der Waals surface area contributed by atoms with Crippen molar-refractivity contribution in [2.45, 2.75) is 16.1 Å². The molecule has 0 spiro atoms. The summed E-state index contributed by atoms with van der Waals surface area (Å²) in [5.74, 6) is -0.874. The molecule has 0 amide bonds. The van der Waals surface area contributed by atoms with Gasteiger partial charge in [-0.1, -0.05) is 0 Å². The van der Waals surface area contributed by atoms with E-state index in [1.54, 1.807) is 0 Å². The maximum absolute atomic E-state index is 12.4. The van der Waals surface area contributed by atoms with Crippen LogP contribution in [0.2, 0.25) is 0 Å². The van der Waals surface area contributed by atoms with Gasteiger partial charge in [0.2, 0.25) is 9.84 Å². The first-order chi connectivity index (χ1) is 9.96. The summed E-state index contributed by atoms with van der Waals surface area (Å²) in [7, 11) is -3.61. The van der Waals surface area contributed by atoms with Crippen molar-refractivity contribution in [3.8, 4) is 11.5 Å². The number of aliphatic carboxylic acids is 1. The molecule has 0 aromatic heterocycles. The topological polar surface area (TPSA) is 89.9 Å². The lowest BCUT2D eigenvalue weighted by atomic mass is 10.3. The summed E-state index contributed by atoms with van der Waals surface area (Å²) in [5, 5.41) is 9.10. The van der Waals surface area contributed by atoms with Gasteiger partial charge in [-0.05, 0) is 48.5 Å². The van der Waals surface area contributed by atoms with Gasteiger partial charge in [-0.3, -0.25) is 0 Å². The van der Waals surface area contributed by atoms with Gasteiger partial charge in [0.15, 0.2) is 0 Å². The predicted octanol–water partition coefficient (Wildman–Crippen LogP) is 1.70. The van der Waals surface area contributed by atoms with E-state index in [1.807, 2.05) is 0 Å². The van der Waals surface area contributed by atoms with Gasteiger partial charge >= 0.3 is 12.3 Å². The van der Waals surface area contributed by atoms with Crippen LogP contribution >= 0.6 is 0 Å². The Morgan fingerprint density at radius 1 is 0.857 bits per heavy atom. The minimum absolute atomic E-state index is 0.107. The second-order valence-electron chi connectivity index (χ2n) is 4.35. The molecule has 108 valence electrons. The standard InChI is InChI=1S/C14H10O6S/c15-13(16)14-19-9-1-5-11(6-2-9)21(17,18)12-7-3-10(20-14)4-8-12/h1-8,14H,(H,15,16). The average Bonchev–Trinajstić information content (AvgIpc) is 2.46. The summed E-state index contributed by atoms with van der Waals surface area (Å²) in [6, 6.07) is 11.0. The van der Waals surface area contributed by atoms with Crippen molar-refractivity contribution in [1.29, 1.82) is 0 Å². The van der Waals surface area contributed by atoms with Gasteiger partial charge < -0.3 is 14.6 Å². The van der Waals surface area contributed by atoms with Crippen molar-refractivity contribution in [2.75, 3.05) is 0 Å². The molecule has 2 aromatic rings. The van der Waals surface area contributed by atoms with Crippen molar-refractivity contribution in [2.24, 2.45) is 0 Å². The summed E-state index contributed by atoms with van der Waals surface area (Å²) in [6.45, 7) is 0. The Morgan fingerprint density at radius 3 is 1.57 bits per heavy atom. The van der Waals surface area contributed by atoms with Crippen LogP contribution in [0.4, 0.5) is 0 Å². The second-order valence-corrected chi connectivity index (χ2v) is 6.30. The van der Waals surface area contributed by atoms with Crippen LogP contribution in [0.1, 0.15) is 0 Å². The molecule has 21 heavy (non-hydrogen) atoms. The summed E-state index contributed by atoms with van der Waals surface area (Å²) in [6.07, 6.45) is -1.52. The third-order valence-corrected chi connectivity index (χ3v) is 4.74. The summed E-state index contributed by atoms with van der Waals surface area (Å²) in [5.41, 5.74) is 0. The lowest BCUT2D eigenvalue weighted by molar-refractivity contribution is -0.158. The van der Waals surface area contributed by atoms with Gasteiger partial charge in [0, 0.05) is 0 Å². The van der Waals surface area contributed by atoms with Gasteiger partial charge in [0.05, 0.1) is 9.79 Å². The lowest BCUT2D eigenvalue weighted by Crippen LogP contribution is -2.33. The average molecular weight is 306 g/mol. The molecule has 0 aliphatic carbocycles. The van der Waals surface area contributed by atoms with E-state index >= 15 is 0 Å². The van der Waals surface area contributed by atoms with E-state index in [9.17, 15) is 13.2 Å². The Bertz CT molecular complexity index is 722. The molecule has 2 aromatic carbocycles. The predicted molar refractivity (Wildman–Crippen MR) is 71.0 cm³/mol. The molecule has 0 atom stereocenters. The molecule has 4 heterocycles. The third kappa shape index (κ3) is 2.43. The van der Waals surface area contributed by atoms with Crippen LogP contribution in [0, 0.1) is 0 Å². The molecule has 6 rings (SSSR count). The molecule has 4 bridgehead atoms. The molecule has 4 aliphatic rings. The number of rotatable bonds is 1. The van der Waals surface area contributed by atoms with Crippen LogP contribution < -0.4 is 9.47 Å². The van der Waals surface area contributed by atoms with E-state index in [1.165, 1.54) is 48.5 Å². The highest BCUT2D eigenvalue weighted by molar-refractivity contribution is 7.91. The fourth-order valence-corrected chi connectivity index (χ4v) is 3.16. The van der Waals surface area contributed by atoms with E-state index in [4.69, 9.17) is 14.6 Å². The van der Waals surface area contributed by atoms with Crippen LogP contribution in [-0.2, 0) is 14.6 Å². The summed E-state index contributed by atoms with van der Waals surface area (Å²) >= 11 is 0. The van der Waals surface area contributed by atoms with Crippen LogP contribution in [0.25, 0.3) is 0 Å². The zero-order valence-electron chi connectivity index (χ0n) is 10.6. The molecule has 4 aliphatic heterocycles. The summed E-state index contributed by atoms with van der Waals surface area (Å²) in [4.78, 5) is 11.4. The molecule has 0 unspecified atom stereocenters. The number of sulfone groups is 1. The van der Waals surface area contributed by atoms with E-state index in [0.29, 0.717) is 0 Å². The van der Waals surface area contributed by atoms with Gasteiger partial charge in [-0.15, -0.1) is 0 Å². The number of carbonyl (C=O) groups is 1. The second kappa shape index (κ2) is 4.78. The lowest BCUT2D eigenvalue weighted by Gasteiger charge is -2.18. The molecule has 0 fully saturated rings. The molecule has 0 radical (unpaired) electrons. The number of carboxylic acid groups (broad SMARTS) is 1. The van der Waals surface area contributed by atoms with E-state index in [2.05, 4.69) is 0 Å². The Hall–Kier alpha value is -2.54. The van der Waals surface area contributed by atoms with Crippen LogP contribution in [-0.4, -0.2) is 25.8 Å². The van der Waals surface area contributed by atoms with Crippen LogP contribution in [0.15, 0.2) is 58.3 Å². The molecule has 7 heteroatoms. The zero-order chi connectivity index (χ0) is 15.0. The van der Waals surface area contributed by atoms with Crippen LogP contribution in [0.5, 0.6) is 11.5 Å². The van der Waals surface area contributed by atoms with Crippen molar-refractivity contribution < 1.29 is 27.8 Å². The molecule has 1 N–H and O–H groups in total. The molecular formula is C14H10O6S. The molecule has 0 saturated heterocycles. The Balaban J connectivity index is 2.18. The highest BCUT2D eigenvalue weighted by Crippen LogP contribution is 2.27. The number of ether oxygens (including phenoxy) is 2. The molecule has 0 saturated carbocycles. The summed E-state index contributed by atoms with van der Waals surface area (Å²) < 4.78 is 35.1. The van der Waals surface area contributed by atoms with Crippen LogP contribution in [0.3, 0.4) is 0 Å². The molecule has 6 nitrogen and oxygen atoms in total. The van der Waals surface area contributed by atoms with Crippen molar-refractivity contribution in [1.82, 2.24) is 0 Å². The van der Waals surface area contributed by atoms with E-state index < -0.39 is 22.1 Å². The van der Waals surface area contributed by atoms with E-state index in [-0.39, 0.29) is 21.3 Å². The molecular weight excluding hydrogens is 296 g/mol. The van der Waals surface area contributed by atoms with Crippen molar-refractivity contribution >= 4 is 15.8 Å². The normalized spacial score (nSPS) is 16.4. The quantitative estimate of drug-likeness (QED) is 0.862. The minimum atomic E-state index is -3.61. The maximum Gasteiger partial charge on any atom is 0.387 e. The smallest absolute Gasteiger partial charge is 0.387 e. The number of hydrogen-bond acceptors (Lipinski definition) is 5. The largest absolute Gasteiger partial charge is 0.476 e. The zero-order valence-corrected chi connectivity index (χ0v) is 11.4. The monoisotopic (exact) mass is 306 g/mol. The highest BCUT2D eigenvalue weighted by atomic mass is 32.2. The first-order valence-electron chi connectivity index (χ1n) is 5.98. The van der Waals surface area contributed by atoms with Gasteiger partial charge in [0.1, 0.15) is 11.5 Å². The van der Waals surface area contributed by atoms with Crippen molar-refractivity contribution in [3.05, 3.63) is 48.5 Å². The number of carboxylic acids is 1. The maximum atomic E-state index is 12.4. The first-order valence-corrected chi connectivity index (χ1v) is 7.46. The Labute approximate surface area is 120 Å². The van der Waals surface area contributed by atoms with Gasteiger partial charge in [0.25, 0.3) is 0 Å². The first kappa shape index (κ1) is 13.4. The highest BCUT2D eigenvalue weighted by Gasteiger charge is 2.24. The third-order valence-electron chi connectivity index (χ3n) is 2.96. The Morgan fingerprint density at radius 2 is 1.24 bits per heavy atom. The van der Waals surface area contributed by atoms with Crippen molar-refractivity contribution in [3.63, 3.8) is 0 Å². The fourth-order valence-electron chi connectivity index (χ4n) is 1.90. The van der Waals surface area contributed by atoms with E-state index in [0.717, 1.165) is 0 Å². The minimum Gasteiger partial charge on any atom is -0.476 e.